The fourth-order valence-electron chi connectivity index (χ4n) is 1.67. The lowest BCUT2D eigenvalue weighted by Crippen LogP contribution is -2.24. The Hall–Kier alpha value is -1.19. The molecule has 1 aromatic heterocycles. The highest BCUT2D eigenvalue weighted by atomic mass is 32.2. The Morgan fingerprint density at radius 1 is 1.30 bits per heavy atom. The van der Waals surface area contributed by atoms with Gasteiger partial charge in [-0.05, 0) is 19.8 Å². The van der Waals surface area contributed by atoms with Crippen LogP contribution in [0.1, 0.15) is 37.8 Å². The molecule has 3 N–H and O–H groups in total. The Labute approximate surface area is 121 Å². The van der Waals surface area contributed by atoms with Crippen LogP contribution < -0.4 is 9.60 Å². The van der Waals surface area contributed by atoms with Gasteiger partial charge in [-0.15, -0.1) is 0 Å². The molecule has 0 saturated heterocycles. The molecule has 9 heteroatoms. The van der Waals surface area contributed by atoms with E-state index in [1.54, 1.807) is 6.92 Å². The van der Waals surface area contributed by atoms with Crippen molar-refractivity contribution < 1.29 is 18.3 Å². The highest BCUT2D eigenvalue weighted by Crippen LogP contribution is 2.15. The molecule has 114 valence electrons. The van der Waals surface area contributed by atoms with Crippen LogP contribution in [0.3, 0.4) is 0 Å². The Kier molecular flexibility index (Phi) is 6.37. The van der Waals surface area contributed by atoms with Crippen molar-refractivity contribution in [1.82, 2.24) is 9.71 Å². The van der Waals surface area contributed by atoms with E-state index < -0.39 is 20.9 Å². The lowest BCUT2D eigenvalue weighted by atomic mass is 10.1. The Balaban J connectivity index is 2.33. The van der Waals surface area contributed by atoms with Crippen molar-refractivity contribution in [3.63, 3.8) is 0 Å². The van der Waals surface area contributed by atoms with Gasteiger partial charge < -0.3 is 10.1 Å². The number of aryl methyl sites for hydroxylation is 1. The molecular weight excluding hydrogens is 304 g/mol. The molecule has 0 aliphatic rings. The highest BCUT2D eigenvalue weighted by molar-refractivity contribution is 7.91. The standard InChI is InChI=1S/C11H18N2O5S2/c1-8-10(19-11(16)13-8)20(17,18)12-7-5-3-2-4-6-9(14)15/h12H,2-7H2,1H3,(H,13,16)(H,14,15). The van der Waals surface area contributed by atoms with Crippen LogP contribution >= 0.6 is 11.3 Å². The van der Waals surface area contributed by atoms with Gasteiger partial charge >= 0.3 is 10.8 Å². The fourth-order valence-corrected chi connectivity index (χ4v) is 4.09. The molecule has 0 unspecified atom stereocenters. The van der Waals surface area contributed by atoms with Crippen LogP contribution in [0.2, 0.25) is 0 Å². The molecule has 0 aliphatic carbocycles. The zero-order valence-electron chi connectivity index (χ0n) is 11.1. The molecule has 20 heavy (non-hydrogen) atoms. The maximum atomic E-state index is 11.9. The fraction of sp³-hybridized carbons (Fsp3) is 0.636. The number of aliphatic carboxylic acids is 1. The number of thiazole rings is 1. The minimum Gasteiger partial charge on any atom is -0.481 e. The van der Waals surface area contributed by atoms with Gasteiger partial charge in [-0.25, -0.2) is 13.1 Å². The molecular formula is C11H18N2O5S2. The van der Waals surface area contributed by atoms with Gasteiger partial charge in [0.25, 0.3) is 10.0 Å². The van der Waals surface area contributed by atoms with Gasteiger partial charge in [-0.1, -0.05) is 24.2 Å². The van der Waals surface area contributed by atoms with Crippen LogP contribution in [0, 0.1) is 6.92 Å². The number of aromatic nitrogens is 1. The zero-order valence-corrected chi connectivity index (χ0v) is 12.8. The average Bonchev–Trinajstić information content (AvgIpc) is 2.67. The molecule has 1 heterocycles. The predicted octanol–water partition coefficient (Wildman–Crippen LogP) is 1.06. The van der Waals surface area contributed by atoms with E-state index in [9.17, 15) is 18.0 Å². The Morgan fingerprint density at radius 2 is 1.95 bits per heavy atom. The molecule has 0 aliphatic heterocycles. The number of rotatable bonds is 9. The largest absolute Gasteiger partial charge is 0.481 e. The molecule has 0 fully saturated rings. The summed E-state index contributed by atoms with van der Waals surface area (Å²) in [5.74, 6) is -0.816. The second-order valence-corrected chi connectivity index (χ2v) is 7.33. The number of carboxylic acids is 1. The predicted molar refractivity (Wildman–Crippen MR) is 75.6 cm³/mol. The van der Waals surface area contributed by atoms with Crippen molar-refractivity contribution in [2.24, 2.45) is 0 Å². The van der Waals surface area contributed by atoms with Crippen molar-refractivity contribution in [1.29, 1.82) is 0 Å². The number of hydrogen-bond donors (Lipinski definition) is 3. The third kappa shape index (κ3) is 5.43. The molecule has 7 nitrogen and oxygen atoms in total. The Morgan fingerprint density at radius 3 is 2.50 bits per heavy atom. The third-order valence-corrected chi connectivity index (χ3v) is 5.70. The first-order valence-electron chi connectivity index (χ1n) is 6.24. The molecule has 0 saturated carbocycles. The Bertz CT molecular complexity index is 603. The van der Waals surface area contributed by atoms with E-state index >= 15 is 0 Å². The SMILES string of the molecule is Cc1[nH]c(=O)sc1S(=O)(=O)NCCCCCCC(=O)O. The second kappa shape index (κ2) is 7.55. The summed E-state index contributed by atoms with van der Waals surface area (Å²) in [6.07, 6.45) is 2.89. The molecule has 0 bridgehead atoms. The van der Waals surface area contributed by atoms with Gasteiger partial charge in [0.2, 0.25) is 0 Å². The van der Waals surface area contributed by atoms with Gasteiger partial charge in [0, 0.05) is 18.7 Å². The van der Waals surface area contributed by atoms with E-state index in [1.807, 2.05) is 0 Å². The molecule has 0 radical (unpaired) electrons. The lowest BCUT2D eigenvalue weighted by Gasteiger charge is -2.05. The van der Waals surface area contributed by atoms with E-state index in [2.05, 4.69) is 9.71 Å². The van der Waals surface area contributed by atoms with E-state index in [0.717, 1.165) is 12.8 Å². The number of H-pyrrole nitrogens is 1. The number of nitrogens with one attached hydrogen (secondary N) is 2. The first-order chi connectivity index (χ1) is 9.33. The van der Waals surface area contributed by atoms with Crippen LogP contribution in [-0.2, 0) is 14.8 Å². The quantitative estimate of drug-likeness (QED) is 0.588. The number of aromatic amines is 1. The molecule has 1 aromatic rings. The van der Waals surface area contributed by atoms with Gasteiger partial charge in [0.1, 0.15) is 0 Å². The van der Waals surface area contributed by atoms with Crippen LogP contribution in [0.15, 0.2) is 9.00 Å². The summed E-state index contributed by atoms with van der Waals surface area (Å²) >= 11 is 0.670. The minimum atomic E-state index is -3.63. The maximum Gasteiger partial charge on any atom is 0.305 e. The smallest absolute Gasteiger partial charge is 0.305 e. The van der Waals surface area contributed by atoms with E-state index in [4.69, 9.17) is 5.11 Å². The third-order valence-electron chi connectivity index (χ3n) is 2.63. The monoisotopic (exact) mass is 322 g/mol. The van der Waals surface area contributed by atoms with E-state index in [1.165, 1.54) is 0 Å². The van der Waals surface area contributed by atoms with Crippen LogP contribution in [0.5, 0.6) is 0 Å². The van der Waals surface area contributed by atoms with E-state index in [-0.39, 0.29) is 17.2 Å². The van der Waals surface area contributed by atoms with Gasteiger partial charge in [-0.3, -0.25) is 9.59 Å². The summed E-state index contributed by atoms with van der Waals surface area (Å²) in [7, 11) is -3.63. The highest BCUT2D eigenvalue weighted by Gasteiger charge is 2.19. The van der Waals surface area contributed by atoms with Crippen LogP contribution in [0.25, 0.3) is 0 Å². The summed E-state index contributed by atoms with van der Waals surface area (Å²) in [5, 5.41) is 8.46. The minimum absolute atomic E-state index is 0.0216. The molecule has 1 rings (SSSR count). The summed E-state index contributed by atoms with van der Waals surface area (Å²) < 4.78 is 26.3. The molecule has 0 atom stereocenters. The second-order valence-electron chi connectivity index (χ2n) is 4.38. The van der Waals surface area contributed by atoms with E-state index in [0.29, 0.717) is 29.9 Å². The van der Waals surface area contributed by atoms with Crippen molar-refractivity contribution in [2.45, 2.75) is 43.2 Å². The number of unbranched alkanes of at least 4 members (excludes halogenated alkanes) is 3. The van der Waals surface area contributed by atoms with Gasteiger partial charge in [-0.2, -0.15) is 0 Å². The molecule has 0 amide bonds. The summed E-state index contributed by atoms with van der Waals surface area (Å²) in [4.78, 5) is 23.4. The first-order valence-corrected chi connectivity index (χ1v) is 8.54. The number of hydrogen-bond acceptors (Lipinski definition) is 5. The number of carboxylic acid groups (broad SMARTS) is 1. The van der Waals surface area contributed by atoms with Crippen molar-refractivity contribution in [3.05, 3.63) is 15.4 Å². The molecule has 0 aromatic carbocycles. The summed E-state index contributed by atoms with van der Waals surface area (Å²) in [5.41, 5.74) is 0.342. The normalized spacial score (nSPS) is 11.7. The zero-order chi connectivity index (χ0) is 15.2. The van der Waals surface area contributed by atoms with Crippen molar-refractivity contribution >= 4 is 27.3 Å². The molecule has 0 spiro atoms. The topological polar surface area (TPSA) is 116 Å². The van der Waals surface area contributed by atoms with Crippen LogP contribution in [-0.4, -0.2) is 31.0 Å². The average molecular weight is 322 g/mol. The lowest BCUT2D eigenvalue weighted by molar-refractivity contribution is -0.137. The number of carbonyl (C=O) groups is 1. The van der Waals surface area contributed by atoms with Crippen LogP contribution in [0.4, 0.5) is 0 Å². The summed E-state index contributed by atoms with van der Waals surface area (Å²) in [6, 6.07) is 0. The maximum absolute atomic E-state index is 11.9. The van der Waals surface area contributed by atoms with Crippen molar-refractivity contribution in [3.8, 4) is 0 Å². The van der Waals surface area contributed by atoms with Gasteiger partial charge in [0.15, 0.2) is 4.21 Å². The van der Waals surface area contributed by atoms with Gasteiger partial charge in [0.05, 0.1) is 0 Å². The summed E-state index contributed by atoms with van der Waals surface area (Å²) in [6.45, 7) is 1.82. The van der Waals surface area contributed by atoms with Crippen molar-refractivity contribution in [2.75, 3.05) is 6.54 Å². The number of sulfonamides is 1. The first kappa shape index (κ1) is 16.9.